The van der Waals surface area contributed by atoms with Gasteiger partial charge in [0.25, 0.3) is 0 Å². The summed E-state index contributed by atoms with van der Waals surface area (Å²) >= 11 is 6.80. The first-order valence-corrected chi connectivity index (χ1v) is 5.83. The highest BCUT2D eigenvalue weighted by Gasteiger charge is 2.17. The van der Waals surface area contributed by atoms with Crippen LogP contribution >= 0.6 is 23.6 Å². The lowest BCUT2D eigenvalue weighted by Crippen LogP contribution is -2.11. The summed E-state index contributed by atoms with van der Waals surface area (Å²) in [5, 5.41) is 0. The van der Waals surface area contributed by atoms with Crippen LogP contribution in [0.3, 0.4) is 0 Å². The van der Waals surface area contributed by atoms with Crippen LogP contribution in [-0.2, 0) is 5.41 Å². The van der Waals surface area contributed by atoms with Crippen LogP contribution in [0.2, 0.25) is 0 Å². The molecule has 0 bridgehead atoms. The summed E-state index contributed by atoms with van der Waals surface area (Å²) in [6.07, 6.45) is 0. The minimum absolute atomic E-state index is 0.166. The second kappa shape index (κ2) is 3.17. The summed E-state index contributed by atoms with van der Waals surface area (Å²) in [4.78, 5) is 3.27. The van der Waals surface area contributed by atoms with Crippen molar-refractivity contribution in [2.45, 2.75) is 26.2 Å². The molecule has 3 heteroatoms. The predicted octanol–water partition coefficient (Wildman–Crippen LogP) is 4.26. The molecule has 1 N–H and O–H groups in total. The lowest BCUT2D eigenvalue weighted by molar-refractivity contribution is 0.595. The van der Waals surface area contributed by atoms with Gasteiger partial charge in [0.2, 0.25) is 0 Å². The molecule has 0 aliphatic carbocycles. The smallest absolute Gasteiger partial charge is 0.159 e. The summed E-state index contributed by atoms with van der Waals surface area (Å²) in [6.45, 7) is 6.66. The van der Waals surface area contributed by atoms with Crippen molar-refractivity contribution in [3.63, 3.8) is 0 Å². The number of rotatable bonds is 0. The third kappa shape index (κ3) is 1.62. The van der Waals surface area contributed by atoms with Crippen LogP contribution in [0.1, 0.15) is 26.3 Å². The first kappa shape index (κ1) is 9.87. The maximum Gasteiger partial charge on any atom is 0.159 e. The van der Waals surface area contributed by atoms with Gasteiger partial charge in [-0.15, -0.1) is 11.3 Å². The fraction of sp³-hybridized carbons (Fsp3) is 0.364. The number of aromatic amines is 1. The van der Waals surface area contributed by atoms with E-state index in [1.54, 1.807) is 11.3 Å². The van der Waals surface area contributed by atoms with Crippen molar-refractivity contribution >= 4 is 33.8 Å². The first-order valence-electron chi connectivity index (χ1n) is 4.61. The summed E-state index contributed by atoms with van der Waals surface area (Å²) in [5.74, 6) is 0. The number of benzene rings is 1. The van der Waals surface area contributed by atoms with Crippen LogP contribution in [0, 0.1) is 3.95 Å². The fourth-order valence-corrected chi connectivity index (χ4v) is 2.73. The van der Waals surface area contributed by atoms with Gasteiger partial charge >= 0.3 is 0 Å². The van der Waals surface area contributed by atoms with E-state index in [-0.39, 0.29) is 5.41 Å². The topological polar surface area (TPSA) is 15.8 Å². The highest BCUT2D eigenvalue weighted by molar-refractivity contribution is 7.73. The molecule has 0 aliphatic heterocycles. The first-order chi connectivity index (χ1) is 6.48. The Hall–Kier alpha value is -0.670. The van der Waals surface area contributed by atoms with Crippen molar-refractivity contribution < 1.29 is 0 Å². The number of thiazole rings is 1. The molecule has 0 amide bonds. The monoisotopic (exact) mass is 223 g/mol. The van der Waals surface area contributed by atoms with Crippen molar-refractivity contribution in [2.75, 3.05) is 0 Å². The van der Waals surface area contributed by atoms with E-state index in [0.29, 0.717) is 0 Å². The quantitative estimate of drug-likeness (QED) is 0.660. The van der Waals surface area contributed by atoms with Crippen LogP contribution in [0.4, 0.5) is 0 Å². The third-order valence-electron chi connectivity index (χ3n) is 2.26. The van der Waals surface area contributed by atoms with E-state index in [0.717, 1.165) is 3.95 Å². The maximum absolute atomic E-state index is 5.16. The minimum atomic E-state index is 0.166. The van der Waals surface area contributed by atoms with E-state index in [2.05, 4.69) is 44.0 Å². The molecule has 14 heavy (non-hydrogen) atoms. The van der Waals surface area contributed by atoms with Crippen molar-refractivity contribution in [1.29, 1.82) is 0 Å². The van der Waals surface area contributed by atoms with E-state index in [9.17, 15) is 0 Å². The van der Waals surface area contributed by atoms with Crippen molar-refractivity contribution in [2.24, 2.45) is 0 Å². The lowest BCUT2D eigenvalue weighted by Gasteiger charge is -2.19. The molecule has 1 heterocycles. The van der Waals surface area contributed by atoms with Gasteiger partial charge in [-0.1, -0.05) is 32.9 Å². The minimum Gasteiger partial charge on any atom is -0.337 e. The highest BCUT2D eigenvalue weighted by atomic mass is 32.1. The van der Waals surface area contributed by atoms with Crippen LogP contribution in [-0.4, -0.2) is 4.98 Å². The van der Waals surface area contributed by atoms with Crippen molar-refractivity contribution in [1.82, 2.24) is 4.98 Å². The second-order valence-electron chi connectivity index (χ2n) is 4.44. The Kier molecular flexibility index (Phi) is 2.24. The Balaban J connectivity index is 2.83. The van der Waals surface area contributed by atoms with E-state index >= 15 is 0 Å². The molecule has 1 aromatic carbocycles. The zero-order valence-corrected chi connectivity index (χ0v) is 10.2. The van der Waals surface area contributed by atoms with E-state index in [1.807, 2.05) is 0 Å². The summed E-state index contributed by atoms with van der Waals surface area (Å²) in [6, 6.07) is 6.38. The normalized spacial score (nSPS) is 12.2. The van der Waals surface area contributed by atoms with Crippen LogP contribution in [0.15, 0.2) is 18.2 Å². The molecular weight excluding hydrogens is 210 g/mol. The Morgan fingerprint density at radius 1 is 1.29 bits per heavy atom. The fourth-order valence-electron chi connectivity index (χ4n) is 1.60. The maximum atomic E-state index is 5.16. The van der Waals surface area contributed by atoms with E-state index in [4.69, 9.17) is 12.2 Å². The average molecular weight is 223 g/mol. The zero-order chi connectivity index (χ0) is 10.3. The standard InChI is InChI=1S/C11H13NS2/c1-11(2,3)7-5-4-6-8-9(7)12-10(13)14-8/h4-6H,1-3H3,(H,12,13). The van der Waals surface area contributed by atoms with Gasteiger partial charge in [0, 0.05) is 0 Å². The van der Waals surface area contributed by atoms with Gasteiger partial charge in [-0.2, -0.15) is 0 Å². The summed E-state index contributed by atoms with van der Waals surface area (Å²) in [5.41, 5.74) is 2.70. The molecular formula is C11H13NS2. The van der Waals surface area contributed by atoms with Gasteiger partial charge in [-0.25, -0.2) is 0 Å². The third-order valence-corrected chi connectivity index (χ3v) is 3.46. The molecule has 2 rings (SSSR count). The second-order valence-corrected chi connectivity index (χ2v) is 6.16. The molecule has 0 unspecified atom stereocenters. The molecule has 74 valence electrons. The molecule has 0 fully saturated rings. The van der Waals surface area contributed by atoms with Crippen LogP contribution in [0.5, 0.6) is 0 Å². The Bertz CT molecular complexity index is 514. The Morgan fingerprint density at radius 2 is 2.00 bits per heavy atom. The van der Waals surface area contributed by atoms with Gasteiger partial charge in [0.15, 0.2) is 3.95 Å². The van der Waals surface area contributed by atoms with Gasteiger partial charge in [0.1, 0.15) is 0 Å². The van der Waals surface area contributed by atoms with Gasteiger partial charge in [-0.05, 0) is 29.3 Å². The molecule has 0 saturated carbocycles. The number of fused-ring (bicyclic) bond motifs is 1. The molecule has 2 aromatic rings. The number of H-pyrrole nitrogens is 1. The summed E-state index contributed by atoms with van der Waals surface area (Å²) < 4.78 is 2.11. The van der Waals surface area contributed by atoms with Crippen LogP contribution in [0.25, 0.3) is 10.2 Å². The number of hydrogen-bond acceptors (Lipinski definition) is 2. The van der Waals surface area contributed by atoms with Crippen molar-refractivity contribution in [3.8, 4) is 0 Å². The molecule has 0 saturated heterocycles. The number of aromatic nitrogens is 1. The highest BCUT2D eigenvalue weighted by Crippen LogP contribution is 2.31. The lowest BCUT2D eigenvalue weighted by atomic mass is 9.86. The Labute approximate surface area is 92.8 Å². The van der Waals surface area contributed by atoms with E-state index in [1.165, 1.54) is 15.8 Å². The Morgan fingerprint density at radius 3 is 2.64 bits per heavy atom. The SMILES string of the molecule is CC(C)(C)c1cccc2sc(=S)[nH]c12. The van der Waals surface area contributed by atoms with Gasteiger partial charge in [-0.3, -0.25) is 0 Å². The zero-order valence-electron chi connectivity index (χ0n) is 8.55. The van der Waals surface area contributed by atoms with Crippen molar-refractivity contribution in [3.05, 3.63) is 27.7 Å². The molecule has 1 nitrogen and oxygen atoms in total. The average Bonchev–Trinajstić information content (AvgIpc) is 2.41. The molecule has 0 radical (unpaired) electrons. The van der Waals surface area contributed by atoms with E-state index < -0.39 is 0 Å². The number of hydrogen-bond donors (Lipinski definition) is 1. The van der Waals surface area contributed by atoms with Crippen LogP contribution < -0.4 is 0 Å². The van der Waals surface area contributed by atoms with Gasteiger partial charge < -0.3 is 4.98 Å². The molecule has 0 spiro atoms. The van der Waals surface area contributed by atoms with Gasteiger partial charge in [0.05, 0.1) is 10.2 Å². The summed E-state index contributed by atoms with van der Waals surface area (Å²) in [7, 11) is 0. The predicted molar refractivity (Wildman–Crippen MR) is 65.7 cm³/mol. The number of para-hydroxylation sites is 1. The largest absolute Gasteiger partial charge is 0.337 e. The number of nitrogens with one attached hydrogen (secondary N) is 1. The molecule has 0 atom stereocenters. The molecule has 0 aliphatic rings. The molecule has 1 aromatic heterocycles.